The Hall–Kier alpha value is -4.03. The minimum absolute atomic E-state index is 0.0564. The number of hydrogen-bond donors (Lipinski definition) is 0. The van der Waals surface area contributed by atoms with Crippen molar-refractivity contribution in [2.24, 2.45) is 4.99 Å². The van der Waals surface area contributed by atoms with E-state index >= 15 is 0 Å². The normalized spacial score (nSPS) is 15.7. The van der Waals surface area contributed by atoms with Gasteiger partial charge in [-0.2, -0.15) is 0 Å². The van der Waals surface area contributed by atoms with Crippen LogP contribution >= 0.6 is 11.8 Å². The van der Waals surface area contributed by atoms with Gasteiger partial charge < -0.3 is 9.47 Å². The molecule has 1 fully saturated rings. The number of amidine groups is 1. The lowest BCUT2D eigenvalue weighted by atomic mass is 10.1. The van der Waals surface area contributed by atoms with Crippen molar-refractivity contribution in [2.45, 2.75) is 13.5 Å². The van der Waals surface area contributed by atoms with Gasteiger partial charge in [0.2, 0.25) is 0 Å². The summed E-state index contributed by atoms with van der Waals surface area (Å²) in [6.45, 7) is 2.93. The van der Waals surface area contributed by atoms with E-state index in [1.807, 2.05) is 73.7 Å². The molecule has 4 aromatic carbocycles. The number of rotatable bonds is 7. The van der Waals surface area contributed by atoms with Crippen LogP contribution in [0, 0.1) is 0 Å². The number of hydrogen-bond acceptors (Lipinski definition) is 5. The van der Waals surface area contributed by atoms with Gasteiger partial charge >= 0.3 is 0 Å². The minimum atomic E-state index is -0.0564. The predicted octanol–water partition coefficient (Wildman–Crippen LogP) is 7.05. The van der Waals surface area contributed by atoms with E-state index in [4.69, 9.17) is 14.5 Å². The first-order valence-electron chi connectivity index (χ1n) is 11.8. The molecule has 1 amide bonds. The van der Waals surface area contributed by atoms with E-state index in [9.17, 15) is 4.79 Å². The summed E-state index contributed by atoms with van der Waals surface area (Å²) >= 11 is 1.38. The molecule has 0 aliphatic carbocycles. The number of nitrogens with zero attached hydrogens (tertiary/aromatic N) is 2. The average Bonchev–Trinajstić information content (AvgIpc) is 3.21. The highest BCUT2D eigenvalue weighted by Crippen LogP contribution is 2.35. The maximum absolute atomic E-state index is 13.2. The van der Waals surface area contributed by atoms with Gasteiger partial charge in [-0.25, -0.2) is 4.99 Å². The van der Waals surface area contributed by atoms with Crippen molar-refractivity contribution >= 4 is 45.4 Å². The fraction of sp³-hybridized carbons (Fsp3) is 0.133. The van der Waals surface area contributed by atoms with Crippen LogP contribution in [0.4, 0.5) is 5.69 Å². The maximum Gasteiger partial charge on any atom is 0.266 e. The second kappa shape index (κ2) is 10.7. The molecule has 5 nitrogen and oxygen atoms in total. The number of carbonyl (C=O) groups is 1. The lowest BCUT2D eigenvalue weighted by molar-refractivity contribution is -0.122. The van der Waals surface area contributed by atoms with E-state index in [-0.39, 0.29) is 5.91 Å². The Labute approximate surface area is 215 Å². The summed E-state index contributed by atoms with van der Waals surface area (Å²) in [5.41, 5.74) is 2.72. The molecule has 36 heavy (non-hydrogen) atoms. The number of carbonyl (C=O) groups excluding carboxylic acids is 1. The molecule has 0 atom stereocenters. The third-order valence-corrected chi connectivity index (χ3v) is 6.92. The van der Waals surface area contributed by atoms with Crippen LogP contribution in [0.15, 0.2) is 101 Å². The largest absolute Gasteiger partial charge is 0.497 e. The Balaban J connectivity index is 1.37. The second-order valence-electron chi connectivity index (χ2n) is 8.26. The number of fused-ring (bicyclic) bond motifs is 1. The molecule has 0 aromatic heterocycles. The highest BCUT2D eigenvalue weighted by Gasteiger charge is 2.32. The van der Waals surface area contributed by atoms with Crippen LogP contribution in [0.2, 0.25) is 0 Å². The Kier molecular flexibility index (Phi) is 7.05. The number of benzene rings is 4. The third kappa shape index (κ3) is 5.14. The molecule has 0 unspecified atom stereocenters. The van der Waals surface area contributed by atoms with Gasteiger partial charge in [0.15, 0.2) is 5.17 Å². The van der Waals surface area contributed by atoms with Crippen LogP contribution in [0.5, 0.6) is 11.5 Å². The standard InChI is InChI=1S/C30H26N2O3S/c1-3-32-29(33)28(36-30(32)31-25-14-16-26(34-2)17-15-25)19-24-10-6-7-11-27(24)35-20-21-12-13-22-8-4-5-9-23(22)18-21/h4-19H,3,20H2,1-2H3/b28-19+,31-30?. The Morgan fingerprint density at radius 2 is 1.67 bits per heavy atom. The van der Waals surface area contributed by atoms with Crippen LogP contribution in [-0.2, 0) is 11.4 Å². The molecule has 0 radical (unpaired) electrons. The number of para-hydroxylation sites is 1. The second-order valence-corrected chi connectivity index (χ2v) is 9.27. The average molecular weight is 495 g/mol. The van der Waals surface area contributed by atoms with Gasteiger partial charge in [-0.3, -0.25) is 9.69 Å². The molecule has 6 heteroatoms. The molecular formula is C30H26N2O3S. The topological polar surface area (TPSA) is 51.1 Å². The molecule has 180 valence electrons. The van der Waals surface area contributed by atoms with Crippen molar-refractivity contribution in [1.29, 1.82) is 0 Å². The SMILES string of the molecule is CCN1C(=O)/C(=C\c2ccccc2OCc2ccc3ccccc3c2)SC1=Nc1ccc(OC)cc1. The van der Waals surface area contributed by atoms with Crippen molar-refractivity contribution in [3.05, 3.63) is 107 Å². The summed E-state index contributed by atoms with van der Waals surface area (Å²) in [7, 11) is 1.63. The van der Waals surface area contributed by atoms with Crippen molar-refractivity contribution in [2.75, 3.05) is 13.7 Å². The summed E-state index contributed by atoms with van der Waals surface area (Å²) < 4.78 is 11.4. The molecule has 0 saturated carbocycles. The molecule has 0 bridgehead atoms. The van der Waals surface area contributed by atoms with Crippen LogP contribution in [-0.4, -0.2) is 29.6 Å². The maximum atomic E-state index is 13.2. The van der Waals surface area contributed by atoms with Crippen LogP contribution in [0.1, 0.15) is 18.1 Å². The predicted molar refractivity (Wildman–Crippen MR) is 148 cm³/mol. The highest BCUT2D eigenvalue weighted by molar-refractivity contribution is 8.18. The minimum Gasteiger partial charge on any atom is -0.497 e. The fourth-order valence-electron chi connectivity index (χ4n) is 4.00. The molecular weight excluding hydrogens is 468 g/mol. The first-order chi connectivity index (χ1) is 17.6. The van der Waals surface area contributed by atoms with Crippen LogP contribution < -0.4 is 9.47 Å². The number of aliphatic imine (C=N–C) groups is 1. The van der Waals surface area contributed by atoms with Crippen molar-refractivity contribution in [3.8, 4) is 11.5 Å². The van der Waals surface area contributed by atoms with E-state index < -0.39 is 0 Å². The van der Waals surface area contributed by atoms with Crippen molar-refractivity contribution < 1.29 is 14.3 Å². The van der Waals surface area contributed by atoms with Crippen molar-refractivity contribution in [1.82, 2.24) is 4.90 Å². The third-order valence-electron chi connectivity index (χ3n) is 5.92. The Bertz CT molecular complexity index is 1460. The molecule has 0 spiro atoms. The van der Waals surface area contributed by atoms with E-state index in [1.165, 1.54) is 22.5 Å². The molecule has 4 aromatic rings. The summed E-state index contributed by atoms with van der Waals surface area (Å²) in [5, 5.41) is 3.05. The van der Waals surface area contributed by atoms with E-state index in [2.05, 4.69) is 30.3 Å². The summed E-state index contributed by atoms with van der Waals surface area (Å²) in [6.07, 6.45) is 1.89. The van der Waals surface area contributed by atoms with Gasteiger partial charge in [0.1, 0.15) is 18.1 Å². The lowest BCUT2D eigenvalue weighted by Gasteiger charge is -2.12. The smallest absolute Gasteiger partial charge is 0.266 e. The Morgan fingerprint density at radius 3 is 2.44 bits per heavy atom. The lowest BCUT2D eigenvalue weighted by Crippen LogP contribution is -2.28. The van der Waals surface area contributed by atoms with E-state index in [1.54, 1.807) is 12.0 Å². The zero-order valence-corrected chi connectivity index (χ0v) is 21.0. The van der Waals surface area contributed by atoms with Crippen molar-refractivity contribution in [3.63, 3.8) is 0 Å². The molecule has 1 aliphatic heterocycles. The molecule has 1 aliphatic rings. The van der Waals surface area contributed by atoms with Gasteiger partial charge in [0, 0.05) is 12.1 Å². The Morgan fingerprint density at radius 1 is 0.917 bits per heavy atom. The van der Waals surface area contributed by atoms with E-state index in [0.29, 0.717) is 23.2 Å². The quantitative estimate of drug-likeness (QED) is 0.258. The van der Waals surface area contributed by atoms with Gasteiger partial charge in [-0.05, 0) is 77.5 Å². The summed E-state index contributed by atoms with van der Waals surface area (Å²) in [5.74, 6) is 1.44. The van der Waals surface area contributed by atoms with Crippen LogP contribution in [0.3, 0.4) is 0 Å². The van der Waals surface area contributed by atoms with Gasteiger partial charge in [-0.15, -0.1) is 0 Å². The molecule has 0 N–H and O–H groups in total. The van der Waals surface area contributed by atoms with Gasteiger partial charge in [0.05, 0.1) is 17.7 Å². The zero-order valence-electron chi connectivity index (χ0n) is 20.2. The first-order valence-corrected chi connectivity index (χ1v) is 12.6. The zero-order chi connectivity index (χ0) is 24.9. The summed E-state index contributed by atoms with van der Waals surface area (Å²) in [4.78, 5) is 20.2. The molecule has 1 saturated heterocycles. The fourth-order valence-corrected chi connectivity index (χ4v) is 5.05. The molecule has 5 rings (SSSR count). The monoisotopic (exact) mass is 494 g/mol. The number of thioether (sulfide) groups is 1. The summed E-state index contributed by atoms with van der Waals surface area (Å²) in [6, 6.07) is 29.9. The van der Waals surface area contributed by atoms with Crippen LogP contribution in [0.25, 0.3) is 16.8 Å². The van der Waals surface area contributed by atoms with Gasteiger partial charge in [0.25, 0.3) is 5.91 Å². The first kappa shape index (κ1) is 23.7. The number of likely N-dealkylation sites (N-methyl/N-ethyl adjacent to an activating group) is 1. The number of ether oxygens (including phenoxy) is 2. The number of amides is 1. The van der Waals surface area contributed by atoms with E-state index in [0.717, 1.165) is 28.3 Å². The van der Waals surface area contributed by atoms with Gasteiger partial charge in [-0.1, -0.05) is 54.6 Å². The number of methoxy groups -OCH3 is 1. The highest BCUT2D eigenvalue weighted by atomic mass is 32.2. The molecule has 1 heterocycles.